The Bertz CT molecular complexity index is 598. The Kier molecular flexibility index (Phi) is 4.09. The van der Waals surface area contributed by atoms with Crippen molar-refractivity contribution in [1.29, 1.82) is 0 Å². The molecule has 92 valence electrons. The van der Waals surface area contributed by atoms with Crippen LogP contribution in [0, 0.1) is 6.92 Å². The summed E-state index contributed by atoms with van der Waals surface area (Å²) in [5.74, 6) is -0.132. The minimum absolute atomic E-state index is 0.132. The Morgan fingerprint density at radius 3 is 2.72 bits per heavy atom. The molecule has 2 rings (SSSR count). The Morgan fingerprint density at radius 2 is 2.00 bits per heavy atom. The van der Waals surface area contributed by atoms with Crippen molar-refractivity contribution < 1.29 is 4.79 Å². The van der Waals surface area contributed by atoms with Crippen molar-refractivity contribution in [2.45, 2.75) is 11.8 Å². The summed E-state index contributed by atoms with van der Waals surface area (Å²) in [5.41, 5.74) is 2.43. The van der Waals surface area contributed by atoms with Gasteiger partial charge < -0.3 is 5.32 Å². The van der Waals surface area contributed by atoms with E-state index in [1.165, 1.54) is 0 Å². The molecule has 2 aromatic carbocycles. The first-order valence-electron chi connectivity index (χ1n) is 5.43. The molecule has 0 spiro atoms. The number of thiol groups is 1. The lowest BCUT2D eigenvalue weighted by Gasteiger charge is -2.09. The molecule has 0 saturated carbocycles. The molecule has 0 fully saturated rings. The fraction of sp³-hybridized carbons (Fsp3) is 0.0714. The number of benzene rings is 2. The molecule has 1 N–H and O–H groups in total. The lowest BCUT2D eigenvalue weighted by molar-refractivity contribution is 0.102. The van der Waals surface area contributed by atoms with Crippen molar-refractivity contribution in [3.8, 4) is 0 Å². The van der Waals surface area contributed by atoms with Gasteiger partial charge in [0.15, 0.2) is 0 Å². The van der Waals surface area contributed by atoms with Crippen LogP contribution in [0.5, 0.6) is 0 Å². The molecule has 0 aliphatic rings. The molecule has 0 saturated heterocycles. The van der Waals surface area contributed by atoms with Crippen LogP contribution in [-0.2, 0) is 0 Å². The van der Waals surface area contributed by atoms with Gasteiger partial charge in [-0.3, -0.25) is 4.79 Å². The zero-order valence-electron chi connectivity index (χ0n) is 9.77. The number of carbonyl (C=O) groups excluding carboxylic acids is 1. The zero-order chi connectivity index (χ0) is 13.1. The molecule has 0 aliphatic heterocycles. The highest BCUT2D eigenvalue weighted by Gasteiger charge is 2.08. The largest absolute Gasteiger partial charge is 0.322 e. The normalized spacial score (nSPS) is 10.2. The van der Waals surface area contributed by atoms with E-state index in [-0.39, 0.29) is 5.91 Å². The predicted octanol–water partition coefficient (Wildman–Crippen LogP) is 4.30. The summed E-state index contributed by atoms with van der Waals surface area (Å²) in [6, 6.07) is 12.9. The quantitative estimate of drug-likeness (QED) is 0.793. The van der Waals surface area contributed by atoms with Gasteiger partial charge in [-0.25, -0.2) is 0 Å². The van der Waals surface area contributed by atoms with Gasteiger partial charge in [0.05, 0.1) is 0 Å². The topological polar surface area (TPSA) is 29.1 Å². The van der Waals surface area contributed by atoms with E-state index in [0.29, 0.717) is 5.56 Å². The summed E-state index contributed by atoms with van der Waals surface area (Å²) in [7, 11) is 0. The summed E-state index contributed by atoms with van der Waals surface area (Å²) in [5, 5.41) is 2.89. The minimum atomic E-state index is -0.132. The second kappa shape index (κ2) is 5.59. The van der Waals surface area contributed by atoms with Gasteiger partial charge in [0, 0.05) is 20.6 Å². The summed E-state index contributed by atoms with van der Waals surface area (Å²) in [6.45, 7) is 1.96. The molecule has 4 heteroatoms. The van der Waals surface area contributed by atoms with E-state index in [9.17, 15) is 4.79 Å². The molecule has 2 aromatic rings. The number of anilines is 1. The van der Waals surface area contributed by atoms with Crippen LogP contribution in [-0.4, -0.2) is 5.91 Å². The summed E-state index contributed by atoms with van der Waals surface area (Å²) < 4.78 is 0.936. The highest BCUT2D eigenvalue weighted by atomic mass is 79.9. The SMILES string of the molecule is Cc1ccc(Br)cc1NC(=O)c1cccc(S)c1. The molecule has 0 aromatic heterocycles. The lowest BCUT2D eigenvalue weighted by atomic mass is 10.1. The fourth-order valence-electron chi connectivity index (χ4n) is 1.57. The van der Waals surface area contributed by atoms with Crippen molar-refractivity contribution >= 4 is 40.2 Å². The van der Waals surface area contributed by atoms with Crippen LogP contribution in [0.4, 0.5) is 5.69 Å². The summed E-state index contributed by atoms with van der Waals surface area (Å²) >= 11 is 7.61. The number of nitrogens with one attached hydrogen (secondary N) is 1. The summed E-state index contributed by atoms with van der Waals surface area (Å²) in [6.07, 6.45) is 0. The number of amides is 1. The van der Waals surface area contributed by atoms with Gasteiger partial charge in [0.1, 0.15) is 0 Å². The third kappa shape index (κ3) is 3.15. The third-order valence-electron chi connectivity index (χ3n) is 2.56. The van der Waals surface area contributed by atoms with E-state index in [1.807, 2.05) is 37.3 Å². The first-order valence-corrected chi connectivity index (χ1v) is 6.67. The molecule has 2 nitrogen and oxygen atoms in total. The van der Waals surface area contributed by atoms with Gasteiger partial charge in [0.2, 0.25) is 0 Å². The van der Waals surface area contributed by atoms with E-state index < -0.39 is 0 Å². The Balaban J connectivity index is 2.24. The average Bonchev–Trinajstić information content (AvgIpc) is 2.34. The van der Waals surface area contributed by atoms with Gasteiger partial charge in [0.25, 0.3) is 5.91 Å². The van der Waals surface area contributed by atoms with Gasteiger partial charge >= 0.3 is 0 Å². The molecule has 18 heavy (non-hydrogen) atoms. The van der Waals surface area contributed by atoms with Gasteiger partial charge in [-0.05, 0) is 42.8 Å². The maximum absolute atomic E-state index is 12.1. The van der Waals surface area contributed by atoms with Crippen LogP contribution in [0.1, 0.15) is 15.9 Å². The van der Waals surface area contributed by atoms with E-state index in [4.69, 9.17) is 0 Å². The van der Waals surface area contributed by atoms with Crippen molar-refractivity contribution in [3.63, 3.8) is 0 Å². The molecule has 0 unspecified atom stereocenters. The first-order chi connectivity index (χ1) is 8.56. The number of hydrogen-bond acceptors (Lipinski definition) is 2. The number of rotatable bonds is 2. The van der Waals surface area contributed by atoms with Crippen molar-refractivity contribution in [2.24, 2.45) is 0 Å². The second-order valence-electron chi connectivity index (χ2n) is 3.96. The molecule has 0 aliphatic carbocycles. The third-order valence-corrected chi connectivity index (χ3v) is 3.33. The van der Waals surface area contributed by atoms with E-state index >= 15 is 0 Å². The van der Waals surface area contributed by atoms with Crippen LogP contribution < -0.4 is 5.32 Å². The van der Waals surface area contributed by atoms with Crippen LogP contribution in [0.2, 0.25) is 0 Å². The highest BCUT2D eigenvalue weighted by molar-refractivity contribution is 9.10. The van der Waals surface area contributed by atoms with Crippen LogP contribution in [0.3, 0.4) is 0 Å². The number of aryl methyl sites for hydroxylation is 1. The van der Waals surface area contributed by atoms with Crippen molar-refractivity contribution in [3.05, 3.63) is 58.1 Å². The zero-order valence-corrected chi connectivity index (χ0v) is 12.3. The van der Waals surface area contributed by atoms with Gasteiger partial charge in [-0.15, -0.1) is 12.6 Å². The number of halogens is 1. The monoisotopic (exact) mass is 321 g/mol. The van der Waals surface area contributed by atoms with Crippen molar-refractivity contribution in [2.75, 3.05) is 5.32 Å². The van der Waals surface area contributed by atoms with E-state index in [0.717, 1.165) is 20.6 Å². The molecular weight excluding hydrogens is 310 g/mol. The maximum Gasteiger partial charge on any atom is 0.255 e. The molecule has 0 heterocycles. The molecule has 0 radical (unpaired) electrons. The Morgan fingerprint density at radius 1 is 1.22 bits per heavy atom. The number of hydrogen-bond donors (Lipinski definition) is 2. The Labute approximate surface area is 120 Å². The predicted molar refractivity (Wildman–Crippen MR) is 80.5 cm³/mol. The van der Waals surface area contributed by atoms with E-state index in [1.54, 1.807) is 12.1 Å². The van der Waals surface area contributed by atoms with Crippen LogP contribution >= 0.6 is 28.6 Å². The van der Waals surface area contributed by atoms with Crippen LogP contribution in [0.25, 0.3) is 0 Å². The van der Waals surface area contributed by atoms with Gasteiger partial charge in [-0.1, -0.05) is 28.1 Å². The molecule has 0 bridgehead atoms. The minimum Gasteiger partial charge on any atom is -0.322 e. The first kappa shape index (κ1) is 13.2. The van der Waals surface area contributed by atoms with Crippen LogP contribution in [0.15, 0.2) is 51.8 Å². The molecule has 0 atom stereocenters. The fourth-order valence-corrected chi connectivity index (χ4v) is 2.16. The van der Waals surface area contributed by atoms with Gasteiger partial charge in [-0.2, -0.15) is 0 Å². The number of carbonyl (C=O) groups is 1. The highest BCUT2D eigenvalue weighted by Crippen LogP contribution is 2.21. The second-order valence-corrected chi connectivity index (χ2v) is 5.40. The molecular formula is C14H12BrNOS. The van der Waals surface area contributed by atoms with E-state index in [2.05, 4.69) is 33.9 Å². The Hall–Kier alpha value is -1.26. The molecule has 1 amide bonds. The maximum atomic E-state index is 12.1. The summed E-state index contributed by atoms with van der Waals surface area (Å²) in [4.78, 5) is 12.8. The standard InChI is InChI=1S/C14H12BrNOS/c1-9-5-6-11(15)8-13(9)16-14(17)10-3-2-4-12(18)7-10/h2-8,18H,1H3,(H,16,17). The van der Waals surface area contributed by atoms with Crippen molar-refractivity contribution in [1.82, 2.24) is 0 Å². The lowest BCUT2D eigenvalue weighted by Crippen LogP contribution is -2.12. The average molecular weight is 322 g/mol. The smallest absolute Gasteiger partial charge is 0.255 e.